The molecule has 164 valence electrons. The first kappa shape index (κ1) is 20.9. The Morgan fingerprint density at radius 2 is 1.62 bits per heavy atom. The quantitative estimate of drug-likeness (QED) is 0.255. The van der Waals surface area contributed by atoms with Gasteiger partial charge in [-0.3, -0.25) is 9.59 Å². The summed E-state index contributed by atoms with van der Waals surface area (Å²) < 4.78 is 11.1. The van der Waals surface area contributed by atoms with Crippen molar-refractivity contribution >= 4 is 11.8 Å². The van der Waals surface area contributed by atoms with Crippen molar-refractivity contribution in [2.24, 2.45) is 5.92 Å². The largest absolute Gasteiger partial charge is 0.425 e. The maximum atomic E-state index is 13.4. The van der Waals surface area contributed by atoms with Gasteiger partial charge in [0.15, 0.2) is 5.78 Å². The predicted molar refractivity (Wildman–Crippen MR) is 117 cm³/mol. The van der Waals surface area contributed by atoms with Crippen LogP contribution in [0.5, 0.6) is 17.5 Å². The number of benzene rings is 2. The Kier molecular flexibility index (Phi) is 5.46. The summed E-state index contributed by atoms with van der Waals surface area (Å²) in [7, 11) is 0. The van der Waals surface area contributed by atoms with Gasteiger partial charge in [0, 0.05) is 12.4 Å². The molecular formula is C25H15N5O4. The number of Topliss-reactive ketones (excluding diaryl/α,β-unsaturated/α-hetero) is 1. The third-order valence-electron chi connectivity index (χ3n) is 5.30. The molecule has 0 bridgehead atoms. The molecule has 0 N–H and O–H groups in total. The van der Waals surface area contributed by atoms with Crippen LogP contribution in [0.15, 0.2) is 79.4 Å². The van der Waals surface area contributed by atoms with Crippen LogP contribution in [0.25, 0.3) is 0 Å². The van der Waals surface area contributed by atoms with Gasteiger partial charge in [0.1, 0.15) is 29.3 Å². The topological polar surface area (TPSA) is 128 Å². The Morgan fingerprint density at radius 3 is 2.32 bits per heavy atom. The summed E-state index contributed by atoms with van der Waals surface area (Å²) in [6.07, 6.45) is 5.83. The van der Waals surface area contributed by atoms with Crippen LogP contribution in [0, 0.1) is 17.2 Å². The first-order chi connectivity index (χ1) is 16.6. The molecule has 1 aliphatic rings. The van der Waals surface area contributed by atoms with Crippen LogP contribution >= 0.6 is 0 Å². The third kappa shape index (κ3) is 3.96. The minimum Gasteiger partial charge on any atom is -0.425 e. The minimum absolute atomic E-state index is 0.0809. The molecule has 0 amide bonds. The summed E-state index contributed by atoms with van der Waals surface area (Å²) in [5, 5.41) is 8.86. The van der Waals surface area contributed by atoms with Crippen LogP contribution in [0.3, 0.4) is 0 Å². The van der Waals surface area contributed by atoms with Gasteiger partial charge in [-0.15, -0.1) is 0 Å². The van der Waals surface area contributed by atoms with E-state index in [4.69, 9.17) is 14.7 Å². The molecule has 4 aromatic rings. The molecular weight excluding hydrogens is 434 g/mol. The third-order valence-corrected chi connectivity index (χ3v) is 5.30. The van der Waals surface area contributed by atoms with E-state index in [2.05, 4.69) is 19.9 Å². The molecule has 2 unspecified atom stereocenters. The normalized spacial score (nSPS) is 15.6. The fourth-order valence-electron chi connectivity index (χ4n) is 3.73. The summed E-state index contributed by atoms with van der Waals surface area (Å²) in [5.74, 6) is -1.93. The van der Waals surface area contributed by atoms with Crippen molar-refractivity contribution in [3.8, 4) is 23.6 Å². The number of ether oxygens (including phenoxy) is 2. The van der Waals surface area contributed by atoms with Crippen molar-refractivity contribution in [1.29, 1.82) is 5.26 Å². The molecule has 9 nitrogen and oxygen atoms in total. The van der Waals surface area contributed by atoms with E-state index in [0.29, 0.717) is 28.3 Å². The molecule has 2 atom stereocenters. The molecule has 0 saturated heterocycles. The highest BCUT2D eigenvalue weighted by atomic mass is 16.5. The summed E-state index contributed by atoms with van der Waals surface area (Å²) in [4.78, 5) is 42.9. The zero-order valence-corrected chi connectivity index (χ0v) is 17.5. The molecule has 0 spiro atoms. The summed E-state index contributed by atoms with van der Waals surface area (Å²) >= 11 is 0. The number of carbonyl (C=O) groups excluding carboxylic acids is 2. The van der Waals surface area contributed by atoms with Crippen molar-refractivity contribution in [1.82, 2.24) is 19.9 Å². The van der Waals surface area contributed by atoms with Gasteiger partial charge in [0.05, 0.1) is 29.4 Å². The summed E-state index contributed by atoms with van der Waals surface area (Å²) in [5.41, 5.74) is 1.29. The van der Waals surface area contributed by atoms with Gasteiger partial charge >= 0.3 is 12.0 Å². The number of nitrogens with zero attached hydrogens (tertiary/aromatic N) is 5. The number of esters is 1. The molecule has 2 aromatic carbocycles. The highest BCUT2D eigenvalue weighted by Gasteiger charge is 2.44. The lowest BCUT2D eigenvalue weighted by Gasteiger charge is -2.28. The van der Waals surface area contributed by atoms with Crippen molar-refractivity contribution < 1.29 is 19.1 Å². The number of nitriles is 1. The van der Waals surface area contributed by atoms with E-state index in [9.17, 15) is 9.59 Å². The zero-order chi connectivity index (χ0) is 23.5. The van der Waals surface area contributed by atoms with Gasteiger partial charge in [0.2, 0.25) is 0 Å². The van der Waals surface area contributed by atoms with Crippen LogP contribution in [0.4, 0.5) is 0 Å². The lowest BCUT2D eigenvalue weighted by molar-refractivity contribution is -0.138. The number of hydrogen-bond donors (Lipinski definition) is 0. The molecule has 34 heavy (non-hydrogen) atoms. The van der Waals surface area contributed by atoms with Gasteiger partial charge in [-0.2, -0.15) is 5.26 Å². The van der Waals surface area contributed by atoms with Crippen molar-refractivity contribution in [3.05, 3.63) is 102 Å². The van der Waals surface area contributed by atoms with Crippen molar-refractivity contribution in [2.75, 3.05) is 0 Å². The van der Waals surface area contributed by atoms with Crippen LogP contribution in [0.2, 0.25) is 0 Å². The Morgan fingerprint density at radius 1 is 0.912 bits per heavy atom. The maximum absolute atomic E-state index is 13.4. The minimum atomic E-state index is -1.15. The maximum Gasteiger partial charge on any atom is 0.323 e. The molecule has 0 fully saturated rings. The molecule has 9 heteroatoms. The number of carbonyl (C=O) groups is 2. The van der Waals surface area contributed by atoms with E-state index in [-0.39, 0.29) is 17.5 Å². The van der Waals surface area contributed by atoms with Gasteiger partial charge in [-0.05, 0) is 35.9 Å². The van der Waals surface area contributed by atoms with E-state index in [1.54, 1.807) is 67.0 Å². The number of fused-ring (bicyclic) bond motifs is 1. The zero-order valence-electron chi connectivity index (χ0n) is 17.5. The molecule has 0 aliphatic carbocycles. The van der Waals surface area contributed by atoms with Gasteiger partial charge < -0.3 is 9.47 Å². The monoisotopic (exact) mass is 449 g/mol. The number of para-hydroxylation sites is 1. The highest BCUT2D eigenvalue weighted by molar-refractivity contribution is 6.14. The second-order valence-corrected chi connectivity index (χ2v) is 7.38. The van der Waals surface area contributed by atoms with E-state index in [1.807, 2.05) is 6.07 Å². The molecule has 0 radical (unpaired) electrons. The SMILES string of the molecule is N#Cc1cnc(Oc2ccc(C(c3ncccn3)C3C(=O)Oc4ccccc4C3=O)cc2)nc1. The van der Waals surface area contributed by atoms with E-state index < -0.39 is 17.8 Å². The molecule has 3 heterocycles. The molecule has 1 aliphatic heterocycles. The van der Waals surface area contributed by atoms with E-state index in [0.717, 1.165) is 0 Å². The summed E-state index contributed by atoms with van der Waals surface area (Å²) in [6.45, 7) is 0. The van der Waals surface area contributed by atoms with Crippen molar-refractivity contribution in [2.45, 2.75) is 5.92 Å². The smallest absolute Gasteiger partial charge is 0.323 e. The Bertz CT molecular complexity index is 1400. The number of rotatable bonds is 5. The van der Waals surface area contributed by atoms with E-state index in [1.165, 1.54) is 12.4 Å². The van der Waals surface area contributed by atoms with Gasteiger partial charge in [0.25, 0.3) is 0 Å². The molecule has 0 saturated carbocycles. The van der Waals surface area contributed by atoms with Crippen LogP contribution < -0.4 is 9.47 Å². The Balaban J connectivity index is 1.49. The number of aromatic nitrogens is 4. The molecule has 2 aromatic heterocycles. The van der Waals surface area contributed by atoms with Gasteiger partial charge in [-0.25, -0.2) is 19.9 Å². The van der Waals surface area contributed by atoms with E-state index >= 15 is 0 Å². The van der Waals surface area contributed by atoms with Crippen LogP contribution in [-0.2, 0) is 4.79 Å². The average molecular weight is 449 g/mol. The fraction of sp³-hybridized carbons (Fsp3) is 0.0800. The van der Waals surface area contributed by atoms with Crippen molar-refractivity contribution in [3.63, 3.8) is 0 Å². The lowest BCUT2D eigenvalue weighted by atomic mass is 9.79. The Hall–Kier alpha value is -4.97. The lowest BCUT2D eigenvalue weighted by Crippen LogP contribution is -2.38. The summed E-state index contributed by atoms with van der Waals surface area (Å²) in [6, 6.07) is 17.1. The number of hydrogen-bond acceptors (Lipinski definition) is 9. The first-order valence-corrected chi connectivity index (χ1v) is 10.3. The average Bonchev–Trinajstić information content (AvgIpc) is 2.88. The first-order valence-electron chi connectivity index (χ1n) is 10.3. The Labute approximate surface area is 193 Å². The van der Waals surface area contributed by atoms with Crippen LogP contribution in [-0.4, -0.2) is 31.7 Å². The fourth-order valence-corrected chi connectivity index (χ4v) is 3.73. The molecule has 5 rings (SSSR count). The highest BCUT2D eigenvalue weighted by Crippen LogP contribution is 2.38. The van der Waals surface area contributed by atoms with Gasteiger partial charge in [-0.1, -0.05) is 24.3 Å². The van der Waals surface area contributed by atoms with Crippen LogP contribution in [0.1, 0.15) is 33.2 Å². The number of ketones is 1. The predicted octanol–water partition coefficient (Wildman–Crippen LogP) is 3.48. The second kappa shape index (κ2) is 8.88. The standard InChI is InChI=1S/C25H15N5O4/c26-12-15-13-29-25(30-14-15)33-17-8-6-16(7-9-17)20(23-27-10-3-11-28-23)21-22(31)18-4-1-2-5-19(18)34-24(21)32/h1-11,13-14,20-21H. The second-order valence-electron chi connectivity index (χ2n) is 7.38.